The molecule has 3 aromatic carbocycles. The molecular formula is C30H35FN4O6S. The monoisotopic (exact) mass is 598 g/mol. The van der Waals surface area contributed by atoms with Gasteiger partial charge in [-0.25, -0.2) is 12.8 Å². The van der Waals surface area contributed by atoms with E-state index in [0.717, 1.165) is 22.2 Å². The van der Waals surface area contributed by atoms with Crippen LogP contribution >= 0.6 is 0 Å². The number of rotatable bonds is 13. The highest BCUT2D eigenvalue weighted by Gasteiger charge is 2.34. The molecular weight excluding hydrogens is 563 g/mol. The van der Waals surface area contributed by atoms with Gasteiger partial charge in [0.15, 0.2) is 0 Å². The van der Waals surface area contributed by atoms with E-state index in [0.29, 0.717) is 17.5 Å². The summed E-state index contributed by atoms with van der Waals surface area (Å²) < 4.78 is 40.4. The number of carbonyl (C=O) groups excluding carboxylic acids is 2. The SMILES string of the molecule is CC[C@H](C)NC(=O)[C@H](Cc1ccccc1)N(Cc1ccc(F)cc1)C(=O)CN(c1cc([N+](=O)[O-])ccc1C)S(C)(=O)=O. The van der Waals surface area contributed by atoms with Crippen LogP contribution in [0.5, 0.6) is 0 Å². The van der Waals surface area contributed by atoms with E-state index in [2.05, 4.69) is 5.32 Å². The number of benzene rings is 3. The minimum Gasteiger partial charge on any atom is -0.352 e. The van der Waals surface area contributed by atoms with E-state index in [1.807, 2.05) is 44.2 Å². The van der Waals surface area contributed by atoms with Crippen LogP contribution in [-0.4, -0.2) is 54.9 Å². The Hall–Kier alpha value is -4.32. The average Bonchev–Trinajstić information content (AvgIpc) is 2.94. The second kappa shape index (κ2) is 14.0. The summed E-state index contributed by atoms with van der Waals surface area (Å²) in [4.78, 5) is 39.8. The fourth-order valence-corrected chi connectivity index (χ4v) is 5.26. The van der Waals surface area contributed by atoms with E-state index in [1.54, 1.807) is 6.92 Å². The number of nitro groups is 1. The molecule has 0 saturated carbocycles. The van der Waals surface area contributed by atoms with E-state index in [-0.39, 0.29) is 30.4 Å². The van der Waals surface area contributed by atoms with Crippen LogP contribution < -0.4 is 9.62 Å². The first-order valence-electron chi connectivity index (χ1n) is 13.4. The predicted octanol–water partition coefficient (Wildman–Crippen LogP) is 4.36. The number of amides is 2. The largest absolute Gasteiger partial charge is 0.352 e. The van der Waals surface area contributed by atoms with Gasteiger partial charge in [-0.3, -0.25) is 24.0 Å². The number of nitro benzene ring substituents is 1. The standard InChI is InChI=1S/C30H35FN4O6S/c1-5-22(3)32-30(37)28(17-23-9-7-6-8-10-23)33(19-24-12-14-25(31)15-13-24)29(36)20-34(42(4,40)41)27-18-26(35(38)39)16-11-21(27)2/h6-16,18,22,28H,5,17,19-20H2,1-4H3,(H,32,37)/t22-,28-/m0/s1. The molecule has 0 spiro atoms. The summed E-state index contributed by atoms with van der Waals surface area (Å²) in [7, 11) is -4.10. The van der Waals surface area contributed by atoms with Crippen molar-refractivity contribution in [1.29, 1.82) is 0 Å². The maximum Gasteiger partial charge on any atom is 0.271 e. The number of anilines is 1. The molecule has 42 heavy (non-hydrogen) atoms. The van der Waals surface area contributed by atoms with Crippen molar-refractivity contribution in [3.05, 3.63) is 105 Å². The van der Waals surface area contributed by atoms with Crippen LogP contribution in [0, 0.1) is 22.9 Å². The number of non-ortho nitro benzene ring substituents is 1. The van der Waals surface area contributed by atoms with Crippen LogP contribution in [0.2, 0.25) is 0 Å². The predicted molar refractivity (Wildman–Crippen MR) is 159 cm³/mol. The van der Waals surface area contributed by atoms with Gasteiger partial charge in [0, 0.05) is 31.1 Å². The number of aryl methyl sites for hydroxylation is 1. The van der Waals surface area contributed by atoms with E-state index in [9.17, 15) is 32.5 Å². The maximum absolute atomic E-state index is 14.1. The molecule has 2 amide bonds. The lowest BCUT2D eigenvalue weighted by atomic mass is 10.0. The molecule has 0 heterocycles. The molecule has 0 aliphatic heterocycles. The van der Waals surface area contributed by atoms with Crippen molar-refractivity contribution in [3.63, 3.8) is 0 Å². The van der Waals surface area contributed by atoms with Gasteiger partial charge >= 0.3 is 0 Å². The Morgan fingerprint density at radius 2 is 1.67 bits per heavy atom. The summed E-state index contributed by atoms with van der Waals surface area (Å²) in [6, 6.07) is 17.0. The van der Waals surface area contributed by atoms with Crippen LogP contribution in [0.15, 0.2) is 72.8 Å². The molecule has 0 unspecified atom stereocenters. The number of halogens is 1. The maximum atomic E-state index is 14.1. The summed E-state index contributed by atoms with van der Waals surface area (Å²) in [5.74, 6) is -1.62. The van der Waals surface area contributed by atoms with Gasteiger partial charge in [-0.2, -0.15) is 0 Å². The lowest BCUT2D eigenvalue weighted by molar-refractivity contribution is -0.384. The third-order valence-electron chi connectivity index (χ3n) is 6.89. The Bertz CT molecular complexity index is 1520. The number of hydrogen-bond donors (Lipinski definition) is 1. The van der Waals surface area contributed by atoms with Crippen LogP contribution in [0.4, 0.5) is 15.8 Å². The molecule has 2 atom stereocenters. The Morgan fingerprint density at radius 1 is 1.02 bits per heavy atom. The zero-order valence-electron chi connectivity index (χ0n) is 24.0. The van der Waals surface area contributed by atoms with Crippen molar-refractivity contribution in [3.8, 4) is 0 Å². The molecule has 3 aromatic rings. The zero-order valence-corrected chi connectivity index (χ0v) is 24.8. The number of nitrogens with one attached hydrogen (secondary N) is 1. The second-order valence-electron chi connectivity index (χ2n) is 10.2. The third-order valence-corrected chi connectivity index (χ3v) is 8.02. The van der Waals surface area contributed by atoms with Crippen LogP contribution in [0.1, 0.15) is 37.0 Å². The van der Waals surface area contributed by atoms with Gasteiger partial charge in [-0.15, -0.1) is 0 Å². The smallest absolute Gasteiger partial charge is 0.271 e. The molecule has 0 aliphatic carbocycles. The molecule has 3 rings (SSSR count). The van der Waals surface area contributed by atoms with Crippen molar-refractivity contribution in [2.45, 2.75) is 52.2 Å². The lowest BCUT2D eigenvalue weighted by Gasteiger charge is -2.34. The molecule has 10 nitrogen and oxygen atoms in total. The first-order chi connectivity index (χ1) is 19.8. The average molecular weight is 599 g/mol. The molecule has 0 aliphatic rings. The zero-order chi connectivity index (χ0) is 31.0. The number of carbonyl (C=O) groups is 2. The van der Waals surface area contributed by atoms with Crippen molar-refractivity contribution in [2.75, 3.05) is 17.1 Å². The normalized spacial score (nSPS) is 12.7. The number of sulfonamides is 1. The van der Waals surface area contributed by atoms with Crippen LogP contribution in [0.3, 0.4) is 0 Å². The van der Waals surface area contributed by atoms with Gasteiger partial charge < -0.3 is 10.2 Å². The highest BCUT2D eigenvalue weighted by molar-refractivity contribution is 7.92. The van der Waals surface area contributed by atoms with Crippen molar-refractivity contribution in [2.24, 2.45) is 0 Å². The molecule has 12 heteroatoms. The minimum absolute atomic E-state index is 0.0227. The Labute approximate surface area is 245 Å². The van der Waals surface area contributed by atoms with Gasteiger partial charge in [0.25, 0.3) is 5.69 Å². The van der Waals surface area contributed by atoms with Gasteiger partial charge in [0.05, 0.1) is 16.9 Å². The Balaban J connectivity index is 2.10. The molecule has 0 aromatic heterocycles. The molecule has 0 radical (unpaired) electrons. The Kier molecular flexibility index (Phi) is 10.8. The Morgan fingerprint density at radius 3 is 2.24 bits per heavy atom. The van der Waals surface area contributed by atoms with E-state index in [1.165, 1.54) is 41.3 Å². The van der Waals surface area contributed by atoms with Crippen LogP contribution in [0.25, 0.3) is 0 Å². The summed E-state index contributed by atoms with van der Waals surface area (Å²) in [6.45, 7) is 4.49. The molecule has 0 saturated heterocycles. The van der Waals surface area contributed by atoms with E-state index >= 15 is 0 Å². The number of nitrogens with zero attached hydrogens (tertiary/aromatic N) is 3. The highest BCUT2D eigenvalue weighted by Crippen LogP contribution is 2.28. The lowest BCUT2D eigenvalue weighted by Crippen LogP contribution is -2.54. The highest BCUT2D eigenvalue weighted by atomic mass is 32.2. The second-order valence-corrected chi connectivity index (χ2v) is 12.1. The molecule has 1 N–H and O–H groups in total. The number of hydrogen-bond acceptors (Lipinski definition) is 6. The van der Waals surface area contributed by atoms with E-state index in [4.69, 9.17) is 0 Å². The summed E-state index contributed by atoms with van der Waals surface area (Å²) in [5, 5.41) is 14.4. The first-order valence-corrected chi connectivity index (χ1v) is 15.3. The quantitative estimate of drug-likeness (QED) is 0.230. The summed E-state index contributed by atoms with van der Waals surface area (Å²) in [5.41, 5.74) is 1.34. The van der Waals surface area contributed by atoms with E-state index < -0.39 is 45.2 Å². The fraction of sp³-hybridized carbons (Fsp3) is 0.333. The van der Waals surface area contributed by atoms with Gasteiger partial charge in [-0.1, -0.05) is 55.5 Å². The van der Waals surface area contributed by atoms with Gasteiger partial charge in [0.2, 0.25) is 21.8 Å². The van der Waals surface area contributed by atoms with Crippen molar-refractivity contribution >= 4 is 33.2 Å². The first kappa shape index (κ1) is 32.2. The summed E-state index contributed by atoms with van der Waals surface area (Å²) in [6.07, 6.45) is 1.67. The topological polar surface area (TPSA) is 130 Å². The van der Waals surface area contributed by atoms with Crippen molar-refractivity contribution in [1.82, 2.24) is 10.2 Å². The fourth-order valence-electron chi connectivity index (χ4n) is 4.36. The molecule has 224 valence electrons. The minimum atomic E-state index is -4.10. The molecule has 0 bridgehead atoms. The summed E-state index contributed by atoms with van der Waals surface area (Å²) >= 11 is 0. The van der Waals surface area contributed by atoms with Gasteiger partial charge in [0.1, 0.15) is 18.4 Å². The van der Waals surface area contributed by atoms with Crippen LogP contribution in [-0.2, 0) is 32.6 Å². The third kappa shape index (κ3) is 8.59. The molecule has 0 fully saturated rings. The van der Waals surface area contributed by atoms with Gasteiger partial charge in [-0.05, 0) is 49.1 Å². The van der Waals surface area contributed by atoms with Crippen molar-refractivity contribution < 1.29 is 27.3 Å².